The second-order valence-electron chi connectivity index (χ2n) is 6.83. The van der Waals surface area contributed by atoms with Crippen molar-refractivity contribution in [3.63, 3.8) is 0 Å². The third-order valence-corrected chi connectivity index (χ3v) is 4.83. The Hall–Kier alpha value is -1.57. The fourth-order valence-electron chi connectivity index (χ4n) is 2.89. The van der Waals surface area contributed by atoms with Gasteiger partial charge in [0.1, 0.15) is 18.0 Å². The topological polar surface area (TPSA) is 66.8 Å². The van der Waals surface area contributed by atoms with Crippen molar-refractivity contribution in [1.82, 2.24) is 4.90 Å². The molecule has 0 spiro atoms. The van der Waals surface area contributed by atoms with Gasteiger partial charge in [-0.15, -0.1) is 11.8 Å². The number of carbonyl (C=O) groups excluding carboxylic acids is 2. The lowest BCUT2D eigenvalue weighted by Gasteiger charge is -2.24. The highest BCUT2D eigenvalue weighted by Crippen LogP contribution is 2.42. The van der Waals surface area contributed by atoms with Crippen LogP contribution in [0.3, 0.4) is 0 Å². The molecule has 0 aromatic carbocycles. The molecule has 1 N–H and O–H groups in total. The minimum Gasteiger partial charge on any atom is -0.459 e. The van der Waals surface area contributed by atoms with E-state index in [2.05, 4.69) is 0 Å². The largest absolute Gasteiger partial charge is 0.459 e. The van der Waals surface area contributed by atoms with E-state index in [1.807, 2.05) is 0 Å². The molecule has 3 aliphatic rings. The third-order valence-electron chi connectivity index (χ3n) is 3.87. The summed E-state index contributed by atoms with van der Waals surface area (Å²) in [6, 6.07) is 0. The molecule has 1 saturated heterocycles. The first-order chi connectivity index (χ1) is 10.7. The molecule has 23 heavy (non-hydrogen) atoms. The van der Waals surface area contributed by atoms with Crippen molar-refractivity contribution in [2.45, 2.75) is 26.4 Å². The number of hydrogen-bond acceptors (Lipinski definition) is 5. The van der Waals surface area contributed by atoms with Crippen molar-refractivity contribution in [3.05, 3.63) is 35.8 Å². The number of rotatable bonds is 2. The Balaban J connectivity index is 1.93. The lowest BCUT2D eigenvalue weighted by molar-refractivity contribution is -0.986. The number of quaternary nitrogens is 1. The van der Waals surface area contributed by atoms with Crippen LogP contribution in [0, 0.1) is 5.92 Å². The zero-order valence-corrected chi connectivity index (χ0v) is 14.3. The molecule has 124 valence electrons. The van der Waals surface area contributed by atoms with Crippen LogP contribution < -0.4 is 0 Å². The minimum absolute atomic E-state index is 0.207. The van der Waals surface area contributed by atoms with E-state index in [1.54, 1.807) is 49.6 Å². The predicted octanol–water partition coefficient (Wildman–Crippen LogP) is 1.99. The third kappa shape index (κ3) is 2.96. The summed E-state index contributed by atoms with van der Waals surface area (Å²) in [5.41, 5.74) is 0.0731. The van der Waals surface area contributed by atoms with E-state index in [9.17, 15) is 14.8 Å². The molecule has 3 heterocycles. The summed E-state index contributed by atoms with van der Waals surface area (Å²) in [5, 5.41) is 10.6. The smallest absolute Gasteiger partial charge is 0.324 e. The van der Waals surface area contributed by atoms with Gasteiger partial charge >= 0.3 is 5.97 Å². The lowest BCUT2D eigenvalue weighted by Crippen LogP contribution is -2.37. The number of allylic oxidation sites excluding steroid dienone is 2. The van der Waals surface area contributed by atoms with E-state index in [0.29, 0.717) is 23.7 Å². The summed E-state index contributed by atoms with van der Waals surface area (Å²) >= 11 is 1.67. The zero-order valence-electron chi connectivity index (χ0n) is 13.5. The summed E-state index contributed by atoms with van der Waals surface area (Å²) in [6.45, 7) is 6.00. The van der Waals surface area contributed by atoms with Crippen molar-refractivity contribution in [1.29, 1.82) is 0 Å². The van der Waals surface area contributed by atoms with Crippen LogP contribution in [-0.4, -0.2) is 50.4 Å². The Kier molecular flexibility index (Phi) is 3.90. The average molecular weight is 337 g/mol. The van der Waals surface area contributed by atoms with Crippen LogP contribution in [0.4, 0.5) is 0 Å². The first kappa shape index (κ1) is 16.3. The first-order valence-corrected chi connectivity index (χ1v) is 8.70. The molecule has 0 saturated carbocycles. The van der Waals surface area contributed by atoms with Gasteiger partial charge in [-0.2, -0.15) is 0 Å². The standard InChI is InChI=1S/C16H21N2O4S/c1-16(2,3)22-15(20)13-11(14(19)17-6-8-23-10-17)9-18(21)7-4-5-12(13)18/h4-5,7,9,13,21H,6,8,10H2,1-3H3/q+1. The van der Waals surface area contributed by atoms with E-state index >= 15 is 0 Å². The van der Waals surface area contributed by atoms with Gasteiger partial charge in [-0.3, -0.25) is 9.59 Å². The maximum Gasteiger partial charge on any atom is 0.324 e. The van der Waals surface area contributed by atoms with E-state index in [1.165, 1.54) is 12.4 Å². The molecule has 3 aliphatic heterocycles. The maximum absolute atomic E-state index is 12.8. The van der Waals surface area contributed by atoms with Crippen LogP contribution >= 0.6 is 11.8 Å². The second-order valence-corrected chi connectivity index (χ2v) is 7.90. The Morgan fingerprint density at radius 2 is 2.17 bits per heavy atom. The molecule has 6 nitrogen and oxygen atoms in total. The Labute approximate surface area is 139 Å². The quantitative estimate of drug-likeness (QED) is 0.617. The molecule has 0 aliphatic carbocycles. The van der Waals surface area contributed by atoms with Gasteiger partial charge in [0.15, 0.2) is 11.6 Å². The summed E-state index contributed by atoms with van der Waals surface area (Å²) in [4.78, 5) is 27.1. The van der Waals surface area contributed by atoms with Crippen molar-refractivity contribution in [2.24, 2.45) is 5.92 Å². The summed E-state index contributed by atoms with van der Waals surface area (Å²) in [5.74, 6) is -0.0866. The van der Waals surface area contributed by atoms with Crippen molar-refractivity contribution >= 4 is 23.6 Å². The normalized spacial score (nSPS) is 29.4. The number of fused-ring (bicyclic) bond motifs is 1. The van der Waals surface area contributed by atoms with Crippen molar-refractivity contribution < 1.29 is 24.2 Å². The second kappa shape index (κ2) is 5.51. The molecule has 2 unspecified atom stereocenters. The molecule has 0 aromatic rings. The van der Waals surface area contributed by atoms with Gasteiger partial charge in [0.2, 0.25) is 0 Å². The van der Waals surface area contributed by atoms with Gasteiger partial charge in [0.25, 0.3) is 5.91 Å². The average Bonchev–Trinajstić information content (AvgIpc) is 3.09. The number of nitrogens with zero attached hydrogens (tertiary/aromatic N) is 2. The Morgan fingerprint density at radius 3 is 2.78 bits per heavy atom. The number of amides is 1. The van der Waals surface area contributed by atoms with Gasteiger partial charge in [0, 0.05) is 24.4 Å². The molecule has 1 fully saturated rings. The van der Waals surface area contributed by atoms with Crippen LogP contribution in [0.1, 0.15) is 20.8 Å². The summed E-state index contributed by atoms with van der Waals surface area (Å²) in [6.07, 6.45) is 6.32. The van der Waals surface area contributed by atoms with Gasteiger partial charge in [-0.25, -0.2) is 5.21 Å². The summed E-state index contributed by atoms with van der Waals surface area (Å²) < 4.78 is 4.85. The molecule has 1 amide bonds. The number of esters is 1. The highest BCUT2D eigenvalue weighted by Gasteiger charge is 2.53. The number of hydroxylamine groups is 3. The number of carbonyl (C=O) groups is 2. The van der Waals surface area contributed by atoms with E-state index < -0.39 is 22.1 Å². The molecule has 7 heteroatoms. The first-order valence-electron chi connectivity index (χ1n) is 7.55. The van der Waals surface area contributed by atoms with Gasteiger partial charge in [-0.05, 0) is 20.8 Å². The SMILES string of the molecule is CC(C)(C)OC(=O)C1C(C(=O)N2CCSC2)=C[N+]2(O)C=CC=C12. The molecule has 2 atom stereocenters. The Bertz CT molecular complexity index is 641. The van der Waals surface area contributed by atoms with Crippen LogP contribution in [0.15, 0.2) is 35.8 Å². The molecule has 0 bridgehead atoms. The van der Waals surface area contributed by atoms with Crippen molar-refractivity contribution in [3.8, 4) is 0 Å². The predicted molar refractivity (Wildman–Crippen MR) is 85.7 cm³/mol. The van der Waals surface area contributed by atoms with Crippen LogP contribution in [-0.2, 0) is 14.3 Å². The zero-order chi connectivity index (χ0) is 16.8. The fourth-order valence-corrected chi connectivity index (χ4v) is 3.83. The maximum atomic E-state index is 12.8. The minimum atomic E-state index is -0.868. The molecule has 0 aromatic heterocycles. The Morgan fingerprint density at radius 1 is 1.43 bits per heavy atom. The fraction of sp³-hybridized carbons (Fsp3) is 0.500. The van der Waals surface area contributed by atoms with Gasteiger partial charge in [0.05, 0.1) is 11.4 Å². The monoisotopic (exact) mass is 337 g/mol. The van der Waals surface area contributed by atoms with Gasteiger partial charge < -0.3 is 9.64 Å². The van der Waals surface area contributed by atoms with Crippen LogP contribution in [0.2, 0.25) is 0 Å². The van der Waals surface area contributed by atoms with E-state index in [0.717, 1.165) is 5.75 Å². The molecular weight excluding hydrogens is 316 g/mol. The number of ether oxygens (including phenoxy) is 1. The van der Waals surface area contributed by atoms with Gasteiger partial charge in [-0.1, -0.05) is 4.65 Å². The lowest BCUT2D eigenvalue weighted by atomic mass is 9.97. The van der Waals surface area contributed by atoms with E-state index in [-0.39, 0.29) is 5.91 Å². The molecular formula is C16H21N2O4S+. The highest BCUT2D eigenvalue weighted by atomic mass is 32.2. The number of hydrogen-bond donors (Lipinski definition) is 1. The van der Waals surface area contributed by atoms with Crippen molar-refractivity contribution in [2.75, 3.05) is 18.2 Å². The summed E-state index contributed by atoms with van der Waals surface area (Å²) in [7, 11) is 0. The molecule has 0 radical (unpaired) electrons. The van der Waals surface area contributed by atoms with Crippen LogP contribution in [0.5, 0.6) is 0 Å². The molecule has 3 rings (SSSR count). The van der Waals surface area contributed by atoms with Crippen LogP contribution in [0.25, 0.3) is 0 Å². The highest BCUT2D eigenvalue weighted by molar-refractivity contribution is 7.99. The van der Waals surface area contributed by atoms with E-state index in [4.69, 9.17) is 4.74 Å². The number of thioether (sulfide) groups is 1.